The molecule has 0 aromatic rings. The minimum Gasteiger partial charge on any atom is -0.462 e. The number of hydrogen-bond acceptors (Lipinski definition) is 6. The lowest BCUT2D eigenvalue weighted by atomic mass is 10.1. The molecule has 1 atom stereocenters. The van der Waals surface area contributed by atoms with Crippen molar-refractivity contribution in [3.05, 3.63) is 158 Å². The van der Waals surface area contributed by atoms with Crippen LogP contribution in [0.15, 0.2) is 158 Å². The van der Waals surface area contributed by atoms with Crippen LogP contribution in [-0.4, -0.2) is 37.2 Å². The van der Waals surface area contributed by atoms with Gasteiger partial charge in [-0.2, -0.15) is 0 Å². The van der Waals surface area contributed by atoms with Gasteiger partial charge < -0.3 is 14.2 Å². The van der Waals surface area contributed by atoms with E-state index in [-0.39, 0.29) is 31.1 Å². The van der Waals surface area contributed by atoms with E-state index in [1.807, 2.05) is 0 Å². The van der Waals surface area contributed by atoms with Gasteiger partial charge in [0, 0.05) is 19.3 Å². The Bertz CT molecular complexity index is 1810. The predicted molar refractivity (Wildman–Crippen MR) is 352 cm³/mol. The lowest BCUT2D eigenvalue weighted by molar-refractivity contribution is -0.167. The molecule has 1 unspecified atom stereocenters. The lowest BCUT2D eigenvalue weighted by Gasteiger charge is -2.18. The van der Waals surface area contributed by atoms with Crippen LogP contribution < -0.4 is 0 Å². The molecule has 0 aromatic carbocycles. The van der Waals surface area contributed by atoms with E-state index in [1.54, 1.807) is 0 Å². The quantitative estimate of drug-likeness (QED) is 0.0261. The molecule has 0 heterocycles. The molecule has 0 saturated heterocycles. The summed E-state index contributed by atoms with van der Waals surface area (Å²) in [7, 11) is 0. The number of rotatable bonds is 58. The number of carbonyl (C=O) groups is 3. The SMILES string of the molecule is CC/C=C\C/C=C\C/C=C\C/C=C\C/C=C\C/C=C\C/C=C\CCCCCCCC(=O)OCC(COC(=O)CCCCCCCCCCCCC)OC(=O)CCCCCCCC/C=C\C/C=C\C/C=C\C/C=C\C/C=C\C/C=C\CC. The molecule has 0 N–H and O–H groups in total. The molecule has 0 bridgehead atoms. The fraction of sp³-hybridized carbons (Fsp3) is 0.613. The van der Waals surface area contributed by atoms with Crippen LogP contribution in [0.25, 0.3) is 0 Å². The number of ether oxygens (including phenoxy) is 3. The van der Waals surface area contributed by atoms with Crippen LogP contribution in [0.2, 0.25) is 0 Å². The van der Waals surface area contributed by atoms with E-state index in [0.29, 0.717) is 19.3 Å². The van der Waals surface area contributed by atoms with Crippen molar-refractivity contribution in [2.45, 2.75) is 284 Å². The first-order chi connectivity index (χ1) is 40.0. The van der Waals surface area contributed by atoms with Crippen molar-refractivity contribution in [3.8, 4) is 0 Å². The average Bonchev–Trinajstić information content (AvgIpc) is 3.47. The summed E-state index contributed by atoms with van der Waals surface area (Å²) >= 11 is 0. The van der Waals surface area contributed by atoms with Crippen molar-refractivity contribution in [2.75, 3.05) is 13.2 Å². The van der Waals surface area contributed by atoms with Crippen LogP contribution in [-0.2, 0) is 28.6 Å². The van der Waals surface area contributed by atoms with Gasteiger partial charge in [0.2, 0.25) is 0 Å². The Balaban J connectivity index is 4.40. The molecule has 0 aromatic heterocycles. The molecule has 0 aliphatic carbocycles. The third-order valence-corrected chi connectivity index (χ3v) is 13.5. The number of hydrogen-bond donors (Lipinski definition) is 0. The molecule has 0 aliphatic rings. The first-order valence-corrected chi connectivity index (χ1v) is 33.0. The van der Waals surface area contributed by atoms with Gasteiger partial charge in [-0.05, 0) is 128 Å². The number of esters is 3. The molecule has 0 fully saturated rings. The van der Waals surface area contributed by atoms with Gasteiger partial charge in [0.25, 0.3) is 0 Å². The van der Waals surface area contributed by atoms with Gasteiger partial charge in [-0.3, -0.25) is 14.4 Å². The summed E-state index contributed by atoms with van der Waals surface area (Å²) in [5.41, 5.74) is 0. The number of allylic oxidation sites excluding steroid dienone is 26. The van der Waals surface area contributed by atoms with E-state index in [4.69, 9.17) is 14.2 Å². The summed E-state index contributed by atoms with van der Waals surface area (Å²) in [6, 6.07) is 0. The molecular formula is C75H120O6. The first kappa shape index (κ1) is 76.0. The van der Waals surface area contributed by atoms with Gasteiger partial charge >= 0.3 is 17.9 Å². The smallest absolute Gasteiger partial charge is 0.306 e. The summed E-state index contributed by atoms with van der Waals surface area (Å²) in [4.78, 5) is 38.3. The fourth-order valence-corrected chi connectivity index (χ4v) is 8.66. The summed E-state index contributed by atoms with van der Waals surface area (Å²) in [6.45, 7) is 6.38. The van der Waals surface area contributed by atoms with E-state index >= 15 is 0 Å². The molecule has 0 saturated carbocycles. The Morgan fingerprint density at radius 2 is 0.481 bits per heavy atom. The predicted octanol–water partition coefficient (Wildman–Crippen LogP) is 22.9. The molecule has 81 heavy (non-hydrogen) atoms. The van der Waals surface area contributed by atoms with Crippen molar-refractivity contribution in [1.82, 2.24) is 0 Å². The van der Waals surface area contributed by atoms with Crippen LogP contribution in [0.3, 0.4) is 0 Å². The zero-order valence-corrected chi connectivity index (χ0v) is 52.2. The summed E-state index contributed by atoms with van der Waals surface area (Å²) in [5, 5.41) is 0. The van der Waals surface area contributed by atoms with Gasteiger partial charge in [-0.1, -0.05) is 288 Å². The molecule has 6 heteroatoms. The van der Waals surface area contributed by atoms with E-state index in [0.717, 1.165) is 173 Å². The molecule has 0 aliphatic heterocycles. The lowest BCUT2D eigenvalue weighted by Crippen LogP contribution is -2.30. The zero-order chi connectivity index (χ0) is 58.5. The zero-order valence-electron chi connectivity index (χ0n) is 52.2. The first-order valence-electron chi connectivity index (χ1n) is 33.0. The normalized spacial score (nSPS) is 13.2. The summed E-state index contributed by atoms with van der Waals surface area (Å²) in [5.74, 6) is -0.931. The van der Waals surface area contributed by atoms with Crippen LogP contribution in [0.4, 0.5) is 0 Å². The number of carbonyl (C=O) groups excluding carboxylic acids is 3. The van der Waals surface area contributed by atoms with Gasteiger partial charge in [0.05, 0.1) is 0 Å². The Kier molecular flexibility index (Phi) is 63.4. The van der Waals surface area contributed by atoms with E-state index in [1.165, 1.54) is 64.2 Å². The largest absolute Gasteiger partial charge is 0.462 e. The van der Waals surface area contributed by atoms with E-state index in [9.17, 15) is 14.4 Å². The van der Waals surface area contributed by atoms with Crippen LogP contribution in [0.5, 0.6) is 0 Å². The Hall–Kier alpha value is -4.97. The highest BCUT2D eigenvalue weighted by Gasteiger charge is 2.19. The highest BCUT2D eigenvalue weighted by molar-refractivity contribution is 5.71. The topological polar surface area (TPSA) is 78.9 Å². The Labute approximate surface area is 499 Å². The highest BCUT2D eigenvalue weighted by Crippen LogP contribution is 2.15. The standard InChI is InChI=1S/C75H120O6/c1-4-7-10-13-16-19-22-24-26-28-30-32-34-36-37-39-40-42-44-46-48-50-53-56-59-62-65-68-74(77)80-71-72(70-79-73(76)67-64-61-58-55-52-21-18-15-12-9-6-3)81-75(78)69-66-63-60-57-54-51-49-47-45-43-41-38-35-33-31-29-27-25-23-20-17-14-11-8-5-2/h7-8,10-11,16-17,19-20,24-27,30-33,36-38,40-42,45-48,72H,4-6,9,12-15,18,21-23,28-29,34-35,39,43-44,49-71H2,1-3H3/b10-7-,11-8-,19-16-,20-17-,26-24-,27-25-,32-30-,33-31-,37-36-,41-38-,42-40-,47-45-,48-46-. The van der Waals surface area contributed by atoms with Crippen LogP contribution in [0, 0.1) is 0 Å². The van der Waals surface area contributed by atoms with Gasteiger partial charge in [0.1, 0.15) is 13.2 Å². The minimum atomic E-state index is -0.802. The molecule has 0 radical (unpaired) electrons. The molecule has 6 nitrogen and oxygen atoms in total. The van der Waals surface area contributed by atoms with Crippen LogP contribution in [0.1, 0.15) is 278 Å². The maximum Gasteiger partial charge on any atom is 0.306 e. The van der Waals surface area contributed by atoms with E-state index in [2.05, 4.69) is 179 Å². The maximum absolute atomic E-state index is 12.9. The molecule has 0 amide bonds. The second-order valence-corrected chi connectivity index (χ2v) is 21.3. The van der Waals surface area contributed by atoms with Crippen molar-refractivity contribution >= 4 is 17.9 Å². The summed E-state index contributed by atoms with van der Waals surface area (Å²) in [6.07, 6.45) is 98.2. The van der Waals surface area contributed by atoms with Crippen molar-refractivity contribution in [1.29, 1.82) is 0 Å². The highest BCUT2D eigenvalue weighted by atomic mass is 16.6. The second kappa shape index (κ2) is 67.5. The molecular weight excluding hydrogens is 997 g/mol. The molecule has 0 spiro atoms. The van der Waals surface area contributed by atoms with Gasteiger partial charge in [-0.15, -0.1) is 0 Å². The maximum atomic E-state index is 12.9. The third-order valence-electron chi connectivity index (χ3n) is 13.5. The third kappa shape index (κ3) is 65.7. The van der Waals surface area contributed by atoms with Crippen molar-refractivity contribution in [2.24, 2.45) is 0 Å². The molecule has 456 valence electrons. The Morgan fingerprint density at radius 1 is 0.259 bits per heavy atom. The molecule has 0 rings (SSSR count). The summed E-state index contributed by atoms with van der Waals surface area (Å²) < 4.78 is 16.9. The Morgan fingerprint density at radius 3 is 0.753 bits per heavy atom. The second-order valence-electron chi connectivity index (χ2n) is 21.3. The van der Waals surface area contributed by atoms with Gasteiger partial charge in [-0.25, -0.2) is 0 Å². The van der Waals surface area contributed by atoms with E-state index < -0.39 is 6.10 Å². The van der Waals surface area contributed by atoms with Crippen molar-refractivity contribution < 1.29 is 28.6 Å². The van der Waals surface area contributed by atoms with Crippen molar-refractivity contribution in [3.63, 3.8) is 0 Å². The monoisotopic (exact) mass is 1120 g/mol. The minimum absolute atomic E-state index is 0.0948. The van der Waals surface area contributed by atoms with Crippen LogP contribution >= 0.6 is 0 Å². The van der Waals surface area contributed by atoms with Gasteiger partial charge in [0.15, 0.2) is 6.10 Å². The fourth-order valence-electron chi connectivity index (χ4n) is 8.66. The average molecular weight is 1120 g/mol. The number of unbranched alkanes of at least 4 members (excludes halogenated alkanes) is 21.